The number of amides is 1. The first-order valence-electron chi connectivity index (χ1n) is 6.37. The molecular formula is C13H25NO3. The van der Waals surface area contributed by atoms with Crippen LogP contribution < -0.4 is 5.32 Å². The fourth-order valence-corrected chi connectivity index (χ4v) is 1.73. The van der Waals surface area contributed by atoms with E-state index < -0.39 is 11.1 Å². The molecule has 1 fully saturated rings. The summed E-state index contributed by atoms with van der Waals surface area (Å²) < 4.78 is 5.53. The molecule has 2 N–H and O–H groups in total. The molecule has 1 amide bonds. The Morgan fingerprint density at radius 3 is 2.47 bits per heavy atom. The predicted molar refractivity (Wildman–Crippen MR) is 66.7 cm³/mol. The minimum atomic E-state index is -0.948. The van der Waals surface area contributed by atoms with E-state index in [1.165, 1.54) is 0 Å². The lowest BCUT2D eigenvalue weighted by molar-refractivity contribution is -0.129. The Morgan fingerprint density at radius 2 is 2.00 bits per heavy atom. The first kappa shape index (κ1) is 14.5. The van der Waals surface area contributed by atoms with Gasteiger partial charge in [0.25, 0.3) is 0 Å². The van der Waals surface area contributed by atoms with Gasteiger partial charge in [-0.3, -0.25) is 4.79 Å². The standard InChI is InChI=1S/C13H25NO3/c1-12(2,13(3,4)16)14-11(15)9-10-7-5-6-8-17-10/h10,16H,5-9H2,1-4H3,(H,14,15). The summed E-state index contributed by atoms with van der Waals surface area (Å²) in [5.41, 5.74) is -1.59. The van der Waals surface area contributed by atoms with E-state index in [1.807, 2.05) is 13.8 Å². The highest BCUT2D eigenvalue weighted by Crippen LogP contribution is 2.21. The first-order chi connectivity index (χ1) is 7.72. The van der Waals surface area contributed by atoms with Crippen LogP contribution in [0.5, 0.6) is 0 Å². The van der Waals surface area contributed by atoms with Crippen molar-refractivity contribution >= 4 is 5.91 Å². The van der Waals surface area contributed by atoms with Crippen molar-refractivity contribution in [2.45, 2.75) is 70.6 Å². The highest BCUT2D eigenvalue weighted by atomic mass is 16.5. The number of nitrogens with one attached hydrogen (secondary N) is 1. The Balaban J connectivity index is 2.43. The Kier molecular flexibility index (Phi) is 4.55. The van der Waals surface area contributed by atoms with Crippen molar-refractivity contribution in [1.29, 1.82) is 0 Å². The SMILES string of the molecule is CC(C)(O)C(C)(C)NC(=O)CC1CCCCO1. The number of ether oxygens (including phenoxy) is 1. The van der Waals surface area contributed by atoms with Gasteiger partial charge in [-0.1, -0.05) is 0 Å². The van der Waals surface area contributed by atoms with Gasteiger partial charge in [0.1, 0.15) is 0 Å². The summed E-state index contributed by atoms with van der Waals surface area (Å²) >= 11 is 0. The van der Waals surface area contributed by atoms with Crippen LogP contribution in [0.2, 0.25) is 0 Å². The van der Waals surface area contributed by atoms with Crippen LogP contribution in [0.1, 0.15) is 53.4 Å². The van der Waals surface area contributed by atoms with Gasteiger partial charge in [-0.15, -0.1) is 0 Å². The number of aliphatic hydroxyl groups is 1. The van der Waals surface area contributed by atoms with Gasteiger partial charge in [0, 0.05) is 6.61 Å². The summed E-state index contributed by atoms with van der Waals surface area (Å²) in [4.78, 5) is 11.9. The van der Waals surface area contributed by atoms with Crippen molar-refractivity contribution in [3.05, 3.63) is 0 Å². The quantitative estimate of drug-likeness (QED) is 0.788. The molecule has 0 aromatic heterocycles. The van der Waals surface area contributed by atoms with Crippen molar-refractivity contribution < 1.29 is 14.6 Å². The molecule has 1 heterocycles. The normalized spacial score (nSPS) is 22.3. The molecule has 0 spiro atoms. The molecule has 1 aliphatic heterocycles. The number of hydrogen-bond acceptors (Lipinski definition) is 3. The number of hydrogen-bond donors (Lipinski definition) is 2. The van der Waals surface area contributed by atoms with Crippen molar-refractivity contribution in [3.8, 4) is 0 Å². The van der Waals surface area contributed by atoms with E-state index in [9.17, 15) is 9.90 Å². The molecule has 17 heavy (non-hydrogen) atoms. The van der Waals surface area contributed by atoms with Crippen LogP contribution in [-0.2, 0) is 9.53 Å². The minimum absolute atomic E-state index is 0.0429. The predicted octanol–water partition coefficient (Wildman–Crippen LogP) is 1.61. The van der Waals surface area contributed by atoms with E-state index in [4.69, 9.17) is 4.74 Å². The molecule has 0 aromatic rings. The third-order valence-corrected chi connectivity index (χ3v) is 3.67. The number of carbonyl (C=O) groups is 1. The summed E-state index contributed by atoms with van der Waals surface area (Å²) in [6, 6.07) is 0. The van der Waals surface area contributed by atoms with E-state index in [0.717, 1.165) is 25.9 Å². The van der Waals surface area contributed by atoms with Crippen LogP contribution in [-0.4, -0.2) is 34.9 Å². The van der Waals surface area contributed by atoms with E-state index in [-0.39, 0.29) is 12.0 Å². The second kappa shape index (κ2) is 5.36. The van der Waals surface area contributed by atoms with Crippen LogP contribution in [0.15, 0.2) is 0 Å². The highest BCUT2D eigenvalue weighted by molar-refractivity contribution is 5.77. The monoisotopic (exact) mass is 243 g/mol. The van der Waals surface area contributed by atoms with Crippen LogP contribution in [0.4, 0.5) is 0 Å². The smallest absolute Gasteiger partial charge is 0.223 e. The number of rotatable bonds is 4. The zero-order valence-corrected chi connectivity index (χ0v) is 11.4. The Bertz CT molecular complexity index is 262. The third-order valence-electron chi connectivity index (χ3n) is 3.67. The molecule has 0 saturated carbocycles. The molecule has 4 nitrogen and oxygen atoms in total. The number of carbonyl (C=O) groups excluding carboxylic acids is 1. The van der Waals surface area contributed by atoms with Crippen molar-refractivity contribution in [2.75, 3.05) is 6.61 Å². The largest absolute Gasteiger partial charge is 0.388 e. The lowest BCUT2D eigenvalue weighted by Crippen LogP contribution is -2.58. The molecule has 1 saturated heterocycles. The van der Waals surface area contributed by atoms with Crippen LogP contribution in [0, 0.1) is 0 Å². The lowest BCUT2D eigenvalue weighted by atomic mass is 9.86. The van der Waals surface area contributed by atoms with Crippen LogP contribution >= 0.6 is 0 Å². The summed E-state index contributed by atoms with van der Waals surface area (Å²) in [5, 5.41) is 12.8. The molecular weight excluding hydrogens is 218 g/mol. The second-order valence-electron chi connectivity index (χ2n) is 5.92. The van der Waals surface area contributed by atoms with Crippen LogP contribution in [0.3, 0.4) is 0 Å². The Hall–Kier alpha value is -0.610. The molecule has 1 unspecified atom stereocenters. The molecule has 1 aliphatic rings. The molecule has 1 atom stereocenters. The Morgan fingerprint density at radius 1 is 1.35 bits per heavy atom. The van der Waals surface area contributed by atoms with Gasteiger partial charge in [-0.2, -0.15) is 0 Å². The maximum atomic E-state index is 11.9. The molecule has 0 bridgehead atoms. The average Bonchev–Trinajstić information content (AvgIpc) is 2.16. The molecule has 1 rings (SSSR count). The van der Waals surface area contributed by atoms with E-state index in [2.05, 4.69) is 5.32 Å². The maximum Gasteiger partial charge on any atom is 0.223 e. The van der Waals surface area contributed by atoms with E-state index in [1.54, 1.807) is 13.8 Å². The average molecular weight is 243 g/mol. The molecule has 4 heteroatoms. The minimum Gasteiger partial charge on any atom is -0.388 e. The second-order valence-corrected chi connectivity index (χ2v) is 5.92. The summed E-state index contributed by atoms with van der Waals surface area (Å²) in [6.07, 6.45) is 3.61. The maximum absolute atomic E-state index is 11.9. The van der Waals surface area contributed by atoms with E-state index in [0.29, 0.717) is 6.42 Å². The first-order valence-corrected chi connectivity index (χ1v) is 6.37. The van der Waals surface area contributed by atoms with Crippen molar-refractivity contribution in [2.24, 2.45) is 0 Å². The lowest BCUT2D eigenvalue weighted by Gasteiger charge is -2.38. The third kappa shape index (κ3) is 4.28. The van der Waals surface area contributed by atoms with Gasteiger partial charge in [0.2, 0.25) is 5.91 Å². The van der Waals surface area contributed by atoms with Gasteiger partial charge in [-0.05, 0) is 47.0 Å². The van der Waals surface area contributed by atoms with Gasteiger partial charge >= 0.3 is 0 Å². The zero-order chi connectivity index (χ0) is 13.1. The van der Waals surface area contributed by atoms with Crippen molar-refractivity contribution in [3.63, 3.8) is 0 Å². The zero-order valence-electron chi connectivity index (χ0n) is 11.4. The molecule has 100 valence electrons. The summed E-state index contributed by atoms with van der Waals surface area (Å²) in [6.45, 7) is 7.81. The Labute approximate surface area is 104 Å². The van der Waals surface area contributed by atoms with Gasteiger partial charge in [0.05, 0.1) is 23.7 Å². The topological polar surface area (TPSA) is 58.6 Å². The van der Waals surface area contributed by atoms with Crippen LogP contribution in [0.25, 0.3) is 0 Å². The molecule has 0 radical (unpaired) electrons. The molecule has 0 aliphatic carbocycles. The van der Waals surface area contributed by atoms with Crippen molar-refractivity contribution in [1.82, 2.24) is 5.32 Å². The van der Waals surface area contributed by atoms with Gasteiger partial charge in [-0.25, -0.2) is 0 Å². The van der Waals surface area contributed by atoms with Gasteiger partial charge in [0.15, 0.2) is 0 Å². The highest BCUT2D eigenvalue weighted by Gasteiger charge is 2.36. The fourth-order valence-electron chi connectivity index (χ4n) is 1.73. The summed E-state index contributed by atoms with van der Waals surface area (Å²) in [7, 11) is 0. The van der Waals surface area contributed by atoms with E-state index >= 15 is 0 Å². The molecule has 0 aromatic carbocycles. The van der Waals surface area contributed by atoms with Gasteiger partial charge < -0.3 is 15.2 Å². The summed E-state index contributed by atoms with van der Waals surface area (Å²) in [5.74, 6) is -0.0518. The fraction of sp³-hybridized carbons (Fsp3) is 0.923.